The molecule has 1 heterocycles. The number of hydrogen-bond donors (Lipinski definition) is 1. The Hall–Kier alpha value is -2.38. The third-order valence-electron chi connectivity index (χ3n) is 3.43. The molecule has 0 saturated heterocycles. The van der Waals surface area contributed by atoms with Crippen LogP contribution >= 0.6 is 11.6 Å². The van der Waals surface area contributed by atoms with Crippen LogP contribution in [0.3, 0.4) is 0 Å². The van der Waals surface area contributed by atoms with Crippen LogP contribution in [0.4, 0.5) is 13.2 Å². The largest absolute Gasteiger partial charge is 0.330 e. The minimum atomic E-state index is -0.854. The summed E-state index contributed by atoms with van der Waals surface area (Å²) in [4.78, 5) is 17.0. The SMILES string of the molecule is NCCc1nc2c(Cl)cc(F)cc2c(=O)n1-c1cc(F)cc(F)c1. The summed E-state index contributed by atoms with van der Waals surface area (Å²) in [5, 5.41) is -0.122. The molecule has 0 spiro atoms. The van der Waals surface area contributed by atoms with Crippen LogP contribution in [0.15, 0.2) is 35.1 Å². The monoisotopic (exact) mass is 353 g/mol. The van der Waals surface area contributed by atoms with Gasteiger partial charge in [-0.2, -0.15) is 0 Å². The van der Waals surface area contributed by atoms with Crippen LogP contribution in [0.1, 0.15) is 5.82 Å². The van der Waals surface area contributed by atoms with Crippen LogP contribution in [0.2, 0.25) is 5.02 Å². The van der Waals surface area contributed by atoms with Crippen molar-refractivity contribution >= 4 is 22.5 Å². The van der Waals surface area contributed by atoms with E-state index < -0.39 is 23.0 Å². The maximum atomic E-state index is 13.6. The molecule has 0 fully saturated rings. The Balaban J connectivity index is 2.43. The van der Waals surface area contributed by atoms with Crippen LogP contribution in [-0.2, 0) is 6.42 Å². The van der Waals surface area contributed by atoms with E-state index in [0.29, 0.717) is 6.07 Å². The smallest absolute Gasteiger partial charge is 0.266 e. The molecule has 0 aliphatic carbocycles. The van der Waals surface area contributed by atoms with E-state index in [1.54, 1.807) is 0 Å². The van der Waals surface area contributed by atoms with Crippen molar-refractivity contribution in [2.45, 2.75) is 6.42 Å². The fraction of sp³-hybridized carbons (Fsp3) is 0.125. The molecular weight excluding hydrogens is 343 g/mol. The first-order valence-electron chi connectivity index (χ1n) is 6.98. The van der Waals surface area contributed by atoms with E-state index in [4.69, 9.17) is 17.3 Å². The van der Waals surface area contributed by atoms with E-state index >= 15 is 0 Å². The second-order valence-corrected chi connectivity index (χ2v) is 5.53. The summed E-state index contributed by atoms with van der Waals surface area (Å²) in [6, 6.07) is 4.67. The van der Waals surface area contributed by atoms with E-state index in [0.717, 1.165) is 28.8 Å². The predicted molar refractivity (Wildman–Crippen MR) is 85.0 cm³/mol. The van der Waals surface area contributed by atoms with Gasteiger partial charge in [0.2, 0.25) is 0 Å². The molecule has 4 nitrogen and oxygen atoms in total. The highest BCUT2D eigenvalue weighted by Crippen LogP contribution is 2.23. The normalized spacial score (nSPS) is 11.2. The molecule has 0 amide bonds. The van der Waals surface area contributed by atoms with Crippen molar-refractivity contribution in [1.29, 1.82) is 0 Å². The number of halogens is 4. The zero-order valence-electron chi connectivity index (χ0n) is 12.2. The molecule has 3 rings (SSSR count). The van der Waals surface area contributed by atoms with Crippen molar-refractivity contribution in [3.63, 3.8) is 0 Å². The maximum Gasteiger partial charge on any atom is 0.266 e. The lowest BCUT2D eigenvalue weighted by molar-refractivity contribution is 0.580. The molecule has 24 heavy (non-hydrogen) atoms. The lowest BCUT2D eigenvalue weighted by Gasteiger charge is -2.14. The molecule has 2 aromatic carbocycles. The van der Waals surface area contributed by atoms with Crippen LogP contribution in [0.5, 0.6) is 0 Å². The Morgan fingerprint density at radius 2 is 1.67 bits per heavy atom. The predicted octanol–water partition coefficient (Wildman–Crippen LogP) is 2.96. The zero-order chi connectivity index (χ0) is 17.4. The van der Waals surface area contributed by atoms with Crippen LogP contribution < -0.4 is 11.3 Å². The van der Waals surface area contributed by atoms with Gasteiger partial charge in [0.25, 0.3) is 5.56 Å². The molecule has 1 aromatic heterocycles. The standard InChI is InChI=1S/C16H11ClF3N3O/c17-13-7-10(20)6-12-15(13)22-14(1-2-21)23(16(12)24)11-4-8(18)3-9(19)5-11/h3-7H,1-2,21H2. The number of nitrogens with zero attached hydrogens (tertiary/aromatic N) is 2. The third-order valence-corrected chi connectivity index (χ3v) is 3.72. The summed E-state index contributed by atoms with van der Waals surface area (Å²) >= 11 is 5.95. The Labute approximate surface area is 139 Å². The Morgan fingerprint density at radius 3 is 2.29 bits per heavy atom. The molecule has 0 saturated carbocycles. The van der Waals surface area contributed by atoms with Crippen molar-refractivity contribution in [2.75, 3.05) is 6.54 Å². The summed E-state index contributed by atoms with van der Waals surface area (Å²) in [5.74, 6) is -2.25. The van der Waals surface area contributed by atoms with Crippen molar-refractivity contribution < 1.29 is 13.2 Å². The third kappa shape index (κ3) is 2.88. The molecular formula is C16H11ClF3N3O. The first kappa shape index (κ1) is 16.5. The van der Waals surface area contributed by atoms with Gasteiger partial charge in [-0.15, -0.1) is 0 Å². The molecule has 3 aromatic rings. The van der Waals surface area contributed by atoms with E-state index in [2.05, 4.69) is 4.98 Å². The quantitative estimate of drug-likeness (QED) is 0.787. The molecule has 2 N–H and O–H groups in total. The summed E-state index contributed by atoms with van der Waals surface area (Å²) in [5.41, 5.74) is 4.89. The first-order valence-corrected chi connectivity index (χ1v) is 7.35. The lowest BCUT2D eigenvalue weighted by Crippen LogP contribution is -2.26. The number of rotatable bonds is 3. The highest BCUT2D eigenvalue weighted by atomic mass is 35.5. The average molecular weight is 354 g/mol. The van der Waals surface area contributed by atoms with E-state index in [-0.39, 0.29) is 40.4 Å². The topological polar surface area (TPSA) is 60.9 Å². The second-order valence-electron chi connectivity index (χ2n) is 5.12. The lowest BCUT2D eigenvalue weighted by atomic mass is 10.2. The van der Waals surface area contributed by atoms with Crippen LogP contribution in [-0.4, -0.2) is 16.1 Å². The summed E-state index contributed by atoms with van der Waals surface area (Å²) in [6.07, 6.45) is 0.164. The summed E-state index contributed by atoms with van der Waals surface area (Å²) in [7, 11) is 0. The van der Waals surface area contributed by atoms with Gasteiger partial charge in [-0.05, 0) is 30.8 Å². The molecule has 0 radical (unpaired) electrons. The number of nitrogens with two attached hydrogens (primary N) is 1. The Kier molecular flexibility index (Phi) is 4.29. The fourth-order valence-corrected chi connectivity index (χ4v) is 2.74. The molecule has 0 atom stereocenters. The Morgan fingerprint density at radius 1 is 1.04 bits per heavy atom. The number of benzene rings is 2. The molecule has 8 heteroatoms. The average Bonchev–Trinajstić information content (AvgIpc) is 2.48. The van der Waals surface area contributed by atoms with Crippen molar-refractivity contribution in [1.82, 2.24) is 9.55 Å². The minimum absolute atomic E-state index is 0.0297. The van der Waals surface area contributed by atoms with Crippen molar-refractivity contribution in [3.05, 3.63) is 69.0 Å². The fourth-order valence-electron chi connectivity index (χ4n) is 2.49. The number of fused-ring (bicyclic) bond motifs is 1. The van der Waals surface area contributed by atoms with Gasteiger partial charge >= 0.3 is 0 Å². The van der Waals surface area contributed by atoms with Crippen molar-refractivity contribution in [2.24, 2.45) is 5.73 Å². The van der Waals surface area contributed by atoms with E-state index in [1.807, 2.05) is 0 Å². The van der Waals surface area contributed by atoms with Gasteiger partial charge in [0, 0.05) is 12.5 Å². The molecule has 0 unspecified atom stereocenters. The van der Waals surface area contributed by atoms with Crippen LogP contribution in [0.25, 0.3) is 16.6 Å². The number of hydrogen-bond acceptors (Lipinski definition) is 3. The van der Waals surface area contributed by atoms with Crippen LogP contribution in [0, 0.1) is 17.5 Å². The zero-order valence-corrected chi connectivity index (χ0v) is 12.9. The van der Waals surface area contributed by atoms with E-state index in [9.17, 15) is 18.0 Å². The molecule has 124 valence electrons. The van der Waals surface area contributed by atoms with Crippen molar-refractivity contribution in [3.8, 4) is 5.69 Å². The summed E-state index contributed by atoms with van der Waals surface area (Å²) in [6.45, 7) is 0.147. The van der Waals surface area contributed by atoms with Gasteiger partial charge in [0.15, 0.2) is 0 Å². The molecule has 0 aliphatic rings. The van der Waals surface area contributed by atoms with Gasteiger partial charge in [0.1, 0.15) is 23.3 Å². The highest BCUT2D eigenvalue weighted by Gasteiger charge is 2.16. The maximum absolute atomic E-state index is 13.6. The van der Waals surface area contributed by atoms with Gasteiger partial charge in [-0.1, -0.05) is 11.6 Å². The summed E-state index contributed by atoms with van der Waals surface area (Å²) < 4.78 is 41.6. The van der Waals surface area contributed by atoms with E-state index in [1.165, 1.54) is 0 Å². The van der Waals surface area contributed by atoms with Gasteiger partial charge in [-0.3, -0.25) is 9.36 Å². The number of aromatic nitrogens is 2. The molecule has 0 bridgehead atoms. The van der Waals surface area contributed by atoms with Gasteiger partial charge in [-0.25, -0.2) is 18.2 Å². The minimum Gasteiger partial charge on any atom is -0.330 e. The first-order chi connectivity index (χ1) is 11.4. The highest BCUT2D eigenvalue weighted by molar-refractivity contribution is 6.35. The molecule has 0 aliphatic heterocycles. The van der Waals surface area contributed by atoms with Gasteiger partial charge < -0.3 is 5.73 Å². The Bertz CT molecular complexity index is 984. The van der Waals surface area contributed by atoms with Gasteiger partial charge in [0.05, 0.1) is 21.6 Å². The second kappa shape index (κ2) is 6.26.